The summed E-state index contributed by atoms with van der Waals surface area (Å²) in [6.07, 6.45) is 3.38. The molecule has 4 rings (SSSR count). The molecule has 2 N–H and O–H groups in total. The van der Waals surface area contributed by atoms with Gasteiger partial charge in [0.25, 0.3) is 5.56 Å². The Morgan fingerprint density at radius 1 is 0.903 bits per heavy atom. The Balaban J connectivity index is 1.51. The number of carbonyl (C=O) groups excluding carboxylic acids is 1. The molecule has 0 unspecified atom stereocenters. The molecule has 2 amide bonds. The number of halogens is 1. The van der Waals surface area contributed by atoms with Crippen molar-refractivity contribution in [1.29, 1.82) is 0 Å². The van der Waals surface area contributed by atoms with Crippen molar-refractivity contribution in [2.45, 2.75) is 19.6 Å². The molecule has 0 saturated heterocycles. The maximum absolute atomic E-state index is 12.9. The summed E-state index contributed by atoms with van der Waals surface area (Å²) in [6, 6.07) is 17.9. The molecular formula is C23H20ClN5O2. The second kappa shape index (κ2) is 9.40. The van der Waals surface area contributed by atoms with Gasteiger partial charge in [-0.2, -0.15) is 5.10 Å². The van der Waals surface area contributed by atoms with E-state index in [1.807, 2.05) is 42.5 Å². The topological polar surface area (TPSA) is 88.9 Å². The van der Waals surface area contributed by atoms with Gasteiger partial charge in [-0.25, -0.2) is 9.48 Å². The highest BCUT2D eigenvalue weighted by Crippen LogP contribution is 2.14. The van der Waals surface area contributed by atoms with Crippen molar-refractivity contribution in [3.05, 3.63) is 105 Å². The Morgan fingerprint density at radius 3 is 2.39 bits per heavy atom. The Hall–Kier alpha value is -3.71. The monoisotopic (exact) mass is 433 g/mol. The number of benzene rings is 2. The van der Waals surface area contributed by atoms with Gasteiger partial charge in [0.1, 0.15) is 0 Å². The average Bonchev–Trinajstić information content (AvgIpc) is 2.80. The van der Waals surface area contributed by atoms with E-state index in [0.717, 1.165) is 11.1 Å². The van der Waals surface area contributed by atoms with Crippen molar-refractivity contribution in [3.8, 4) is 0 Å². The quantitative estimate of drug-likeness (QED) is 0.487. The zero-order chi connectivity index (χ0) is 21.6. The van der Waals surface area contributed by atoms with Crippen LogP contribution in [0.4, 0.5) is 4.79 Å². The summed E-state index contributed by atoms with van der Waals surface area (Å²) >= 11 is 5.88. The Labute approximate surface area is 183 Å². The molecule has 4 aromatic rings. The average molecular weight is 434 g/mol. The number of amides is 2. The van der Waals surface area contributed by atoms with Crippen LogP contribution in [-0.4, -0.2) is 20.8 Å². The molecule has 0 aliphatic rings. The first-order chi connectivity index (χ1) is 15.1. The van der Waals surface area contributed by atoms with Crippen molar-refractivity contribution in [3.63, 3.8) is 0 Å². The second-order valence-corrected chi connectivity index (χ2v) is 7.42. The van der Waals surface area contributed by atoms with Crippen LogP contribution in [0.15, 0.2) is 77.9 Å². The number of carbonyl (C=O) groups is 1. The van der Waals surface area contributed by atoms with Gasteiger partial charge in [0.2, 0.25) is 0 Å². The Morgan fingerprint density at radius 2 is 1.65 bits per heavy atom. The fourth-order valence-corrected chi connectivity index (χ4v) is 3.34. The zero-order valence-corrected chi connectivity index (χ0v) is 17.3. The van der Waals surface area contributed by atoms with Gasteiger partial charge in [-0.15, -0.1) is 0 Å². The van der Waals surface area contributed by atoms with Gasteiger partial charge in [-0.05, 0) is 35.4 Å². The van der Waals surface area contributed by atoms with E-state index in [1.165, 1.54) is 4.68 Å². The normalized spacial score (nSPS) is 10.7. The molecule has 2 aromatic carbocycles. The predicted molar refractivity (Wildman–Crippen MR) is 120 cm³/mol. The van der Waals surface area contributed by atoms with E-state index in [4.69, 9.17) is 11.6 Å². The van der Waals surface area contributed by atoms with Crippen molar-refractivity contribution in [2.75, 3.05) is 0 Å². The highest BCUT2D eigenvalue weighted by Gasteiger charge is 2.12. The Kier molecular flexibility index (Phi) is 6.24. The van der Waals surface area contributed by atoms with Gasteiger partial charge in [0.15, 0.2) is 0 Å². The van der Waals surface area contributed by atoms with Gasteiger partial charge in [0, 0.05) is 29.3 Å². The second-order valence-electron chi connectivity index (χ2n) is 6.98. The molecule has 7 nitrogen and oxygen atoms in total. The minimum absolute atomic E-state index is 0.181. The third-order valence-electron chi connectivity index (χ3n) is 4.78. The first kappa shape index (κ1) is 20.6. The SMILES string of the molecule is O=C(NCc1ccc(Cl)cc1)NCc1nn(Cc2cccnc2)c(=O)c2ccccc12. The number of hydrogen-bond donors (Lipinski definition) is 2. The number of urea groups is 1. The van der Waals surface area contributed by atoms with Crippen LogP contribution in [-0.2, 0) is 19.6 Å². The fraction of sp³-hybridized carbons (Fsp3) is 0.130. The van der Waals surface area contributed by atoms with E-state index in [0.29, 0.717) is 34.6 Å². The first-order valence-electron chi connectivity index (χ1n) is 9.74. The highest BCUT2D eigenvalue weighted by molar-refractivity contribution is 6.30. The lowest BCUT2D eigenvalue weighted by molar-refractivity contribution is 0.240. The number of nitrogens with one attached hydrogen (secondary N) is 2. The van der Waals surface area contributed by atoms with Crippen molar-refractivity contribution >= 4 is 28.4 Å². The fourth-order valence-electron chi connectivity index (χ4n) is 3.22. The minimum Gasteiger partial charge on any atom is -0.334 e. The summed E-state index contributed by atoms with van der Waals surface area (Å²) in [5.74, 6) is 0. The number of aromatic nitrogens is 3. The summed E-state index contributed by atoms with van der Waals surface area (Å²) in [5, 5.41) is 12.1. The summed E-state index contributed by atoms with van der Waals surface area (Å²) < 4.78 is 1.40. The molecule has 31 heavy (non-hydrogen) atoms. The molecule has 0 spiro atoms. The molecule has 8 heteroatoms. The molecule has 0 aliphatic carbocycles. The maximum atomic E-state index is 12.9. The molecule has 156 valence electrons. The molecule has 0 fully saturated rings. The summed E-state index contributed by atoms with van der Waals surface area (Å²) in [7, 11) is 0. The van der Waals surface area contributed by atoms with Gasteiger partial charge < -0.3 is 10.6 Å². The van der Waals surface area contributed by atoms with Gasteiger partial charge in [0.05, 0.1) is 24.2 Å². The van der Waals surface area contributed by atoms with Crippen LogP contribution in [0.5, 0.6) is 0 Å². The lowest BCUT2D eigenvalue weighted by Crippen LogP contribution is -2.35. The summed E-state index contributed by atoms with van der Waals surface area (Å²) in [6.45, 7) is 0.852. The molecule has 0 radical (unpaired) electrons. The van der Waals surface area contributed by atoms with Gasteiger partial charge in [-0.3, -0.25) is 9.78 Å². The van der Waals surface area contributed by atoms with Crippen LogP contribution < -0.4 is 16.2 Å². The smallest absolute Gasteiger partial charge is 0.315 e. The molecule has 2 heterocycles. The van der Waals surface area contributed by atoms with Crippen LogP contribution in [0, 0.1) is 0 Å². The van der Waals surface area contributed by atoms with E-state index in [9.17, 15) is 9.59 Å². The summed E-state index contributed by atoms with van der Waals surface area (Å²) in [4.78, 5) is 29.2. The standard InChI is InChI=1S/C23H20ClN5O2/c24-18-9-7-16(8-10-18)13-26-23(31)27-14-21-19-5-1-2-6-20(19)22(30)29(28-21)15-17-4-3-11-25-12-17/h1-12H,13-15H2,(H2,26,27,31). The summed E-state index contributed by atoms with van der Waals surface area (Å²) in [5.41, 5.74) is 2.23. The van der Waals surface area contributed by atoms with Crippen molar-refractivity contribution in [1.82, 2.24) is 25.4 Å². The lowest BCUT2D eigenvalue weighted by Gasteiger charge is -2.12. The third kappa shape index (κ3) is 5.07. The van der Waals surface area contributed by atoms with Gasteiger partial charge >= 0.3 is 6.03 Å². The van der Waals surface area contributed by atoms with E-state index in [2.05, 4.69) is 20.7 Å². The van der Waals surface area contributed by atoms with Crippen LogP contribution in [0.2, 0.25) is 5.02 Å². The minimum atomic E-state index is -0.328. The number of fused-ring (bicyclic) bond motifs is 1. The number of rotatable bonds is 6. The highest BCUT2D eigenvalue weighted by atomic mass is 35.5. The largest absolute Gasteiger partial charge is 0.334 e. The van der Waals surface area contributed by atoms with Crippen LogP contribution in [0.25, 0.3) is 10.8 Å². The molecule has 0 aliphatic heterocycles. The zero-order valence-electron chi connectivity index (χ0n) is 16.6. The van der Waals surface area contributed by atoms with Crippen molar-refractivity contribution in [2.24, 2.45) is 0 Å². The maximum Gasteiger partial charge on any atom is 0.315 e. The lowest BCUT2D eigenvalue weighted by atomic mass is 10.1. The van der Waals surface area contributed by atoms with Crippen LogP contribution in [0.3, 0.4) is 0 Å². The van der Waals surface area contributed by atoms with E-state index in [-0.39, 0.29) is 18.1 Å². The van der Waals surface area contributed by atoms with E-state index < -0.39 is 0 Å². The van der Waals surface area contributed by atoms with E-state index >= 15 is 0 Å². The number of pyridine rings is 1. The molecule has 2 aromatic heterocycles. The molecule has 0 saturated carbocycles. The van der Waals surface area contributed by atoms with Crippen LogP contribution >= 0.6 is 11.6 Å². The predicted octanol–water partition coefficient (Wildman–Crippen LogP) is 3.49. The molecule has 0 atom stereocenters. The number of hydrogen-bond acceptors (Lipinski definition) is 4. The first-order valence-corrected chi connectivity index (χ1v) is 10.1. The molecular weight excluding hydrogens is 414 g/mol. The third-order valence-corrected chi connectivity index (χ3v) is 5.03. The van der Waals surface area contributed by atoms with Crippen molar-refractivity contribution < 1.29 is 4.79 Å². The molecule has 0 bridgehead atoms. The van der Waals surface area contributed by atoms with Crippen LogP contribution in [0.1, 0.15) is 16.8 Å². The van der Waals surface area contributed by atoms with E-state index in [1.54, 1.807) is 30.6 Å². The Bertz CT molecular complexity index is 1260. The number of nitrogens with zero attached hydrogens (tertiary/aromatic N) is 3. The van der Waals surface area contributed by atoms with Gasteiger partial charge in [-0.1, -0.05) is 48.0 Å².